The largest absolute Gasteiger partial charge is 1.00 e. The van der Waals surface area contributed by atoms with Crippen molar-refractivity contribution >= 4 is 0 Å². The van der Waals surface area contributed by atoms with Gasteiger partial charge in [-0.05, 0) is 307 Å². The van der Waals surface area contributed by atoms with Gasteiger partial charge in [0.05, 0.1) is 140 Å². The van der Waals surface area contributed by atoms with Crippen LogP contribution >= 0.6 is 0 Å². The van der Waals surface area contributed by atoms with Crippen LogP contribution in [0.3, 0.4) is 0 Å². The standard InChI is InChI=1S/4C24H28N2O4.2ClHO4.2Cu.H2O/c4*1-23(2)27-17-11-7-13-5-9-15(25-19(13)21(17)29-23)16-10-6-14-8-12-18-22(20(14)26-16)30-24(3,4)28-18;2*2-1(3,4)5;;;/h4*5-6,9-10,17-18,21-22H,7-8,11-12H2,1-4H3;2*(H,2,3,4,5);;;1H2/q;;;;;;2*+1;/p-2/t4*17-,18-,21-,22-;;;;;/m0000...../s1. The fraction of sp³-hybridized carbons (Fsp3) is 0.583. The maximum absolute atomic E-state index is 8.49. The first-order valence-corrected chi connectivity index (χ1v) is 47.7. The van der Waals surface area contributed by atoms with E-state index in [4.69, 9.17) is 153 Å². The number of hydrogen-bond acceptors (Lipinski definition) is 32. The predicted octanol–water partition coefficient (Wildman–Crippen LogP) is 7.34. The van der Waals surface area contributed by atoms with Crippen molar-refractivity contribution in [2.24, 2.45) is 0 Å². The second-order valence-electron chi connectivity index (χ2n) is 39.7. The third-order valence-corrected chi connectivity index (χ3v) is 26.4. The summed E-state index contributed by atoms with van der Waals surface area (Å²) in [6.07, 6.45) is 15.1. The van der Waals surface area contributed by atoms with Gasteiger partial charge in [-0.15, -0.1) is 20.5 Å². The molecule has 16 heterocycles. The average Bonchev–Trinajstić information content (AvgIpc) is 1.66. The summed E-state index contributed by atoms with van der Waals surface area (Å²) in [6, 6.07) is 34.0. The molecule has 33 nitrogen and oxygen atoms in total. The number of pyridine rings is 8. The molecule has 133 heavy (non-hydrogen) atoms. The topological polar surface area (TPSA) is 467 Å². The molecule has 0 radical (unpaired) electrons. The van der Waals surface area contributed by atoms with Gasteiger partial charge in [0.2, 0.25) is 0 Å². The number of hydrogen-bond donors (Lipinski definition) is 0. The van der Waals surface area contributed by atoms with E-state index in [0.717, 1.165) is 194 Å². The van der Waals surface area contributed by atoms with Crippen molar-refractivity contribution in [3.05, 3.63) is 187 Å². The molecule has 16 aliphatic rings. The van der Waals surface area contributed by atoms with Crippen LogP contribution in [0.15, 0.2) is 97.1 Å². The molecule has 8 fully saturated rings. The third-order valence-electron chi connectivity index (χ3n) is 26.4. The van der Waals surface area contributed by atoms with E-state index in [-0.39, 0.29) is 137 Å². The van der Waals surface area contributed by atoms with Gasteiger partial charge in [-0.2, -0.15) is 0 Å². The molecule has 8 aromatic heterocycles. The van der Waals surface area contributed by atoms with Gasteiger partial charge in [-0.1, -0.05) is 48.5 Å². The van der Waals surface area contributed by atoms with Gasteiger partial charge >= 0.3 is 34.1 Å². The molecule has 0 aromatic carbocycles. The van der Waals surface area contributed by atoms with Gasteiger partial charge in [0.15, 0.2) is 46.3 Å². The smallest absolute Gasteiger partial charge is 0.412 e. The van der Waals surface area contributed by atoms with Crippen LogP contribution in [0.1, 0.15) is 301 Å². The van der Waals surface area contributed by atoms with Gasteiger partial charge in [0.1, 0.15) is 48.8 Å². The quantitative estimate of drug-likeness (QED) is 0.155. The summed E-state index contributed by atoms with van der Waals surface area (Å²) >= 11 is 0. The van der Waals surface area contributed by atoms with Crippen molar-refractivity contribution in [2.75, 3.05) is 0 Å². The first-order chi connectivity index (χ1) is 61.1. The number of aryl methyl sites for hydroxylation is 8. The zero-order valence-corrected chi connectivity index (χ0v) is 80.4. The van der Waals surface area contributed by atoms with Gasteiger partial charge in [-0.25, -0.2) is 77.1 Å². The Morgan fingerprint density at radius 2 is 0.293 bits per heavy atom. The number of aromatic nitrogens is 8. The Kier molecular flexibility index (Phi) is 27.9. The number of ether oxygens (including phenoxy) is 16. The molecule has 0 spiro atoms. The normalized spacial score (nSPS) is 30.5. The van der Waals surface area contributed by atoms with Crippen LogP contribution in [0.25, 0.3) is 45.6 Å². The molecule has 8 aliphatic carbocycles. The van der Waals surface area contributed by atoms with E-state index < -0.39 is 66.8 Å². The summed E-state index contributed by atoms with van der Waals surface area (Å²) in [6.45, 7) is 31.6. The van der Waals surface area contributed by atoms with E-state index in [9.17, 15) is 0 Å². The van der Waals surface area contributed by atoms with E-state index >= 15 is 0 Å². The second kappa shape index (κ2) is 37.1. The van der Waals surface area contributed by atoms with Crippen molar-refractivity contribution in [3.63, 3.8) is 0 Å². The molecule has 8 saturated heterocycles. The summed E-state index contributed by atoms with van der Waals surface area (Å²) in [5, 5.41) is 0. The zero-order valence-electron chi connectivity index (χ0n) is 77.0. The maximum Gasteiger partial charge on any atom is 1.00 e. The Bertz CT molecular complexity index is 4650. The van der Waals surface area contributed by atoms with E-state index in [1.807, 2.05) is 111 Å². The molecule has 37 heteroatoms. The Hall–Kier alpha value is -6.18. The van der Waals surface area contributed by atoms with E-state index in [1.54, 1.807) is 0 Å². The van der Waals surface area contributed by atoms with Crippen LogP contribution in [-0.4, -0.2) is 140 Å². The Balaban J connectivity index is 0.000000124. The number of halogens is 2. The molecule has 8 aliphatic heterocycles. The molecule has 0 saturated carbocycles. The summed E-state index contributed by atoms with van der Waals surface area (Å²) < 4.78 is 166. The van der Waals surface area contributed by atoms with Crippen molar-refractivity contribution in [1.29, 1.82) is 0 Å². The monoisotopic (exact) mass is 1970 g/mol. The molecule has 0 unspecified atom stereocenters. The first-order valence-electron chi connectivity index (χ1n) is 45.2. The molecule has 0 bridgehead atoms. The summed E-state index contributed by atoms with van der Waals surface area (Å²) in [4.78, 5) is 40.1. The van der Waals surface area contributed by atoms with Crippen LogP contribution in [0.5, 0.6) is 0 Å². The van der Waals surface area contributed by atoms with Gasteiger partial charge < -0.3 is 81.3 Å². The van der Waals surface area contributed by atoms with E-state index in [0.29, 0.717) is 0 Å². The average molecular weight is 1980 g/mol. The van der Waals surface area contributed by atoms with Crippen LogP contribution < -0.4 is 37.3 Å². The Morgan fingerprint density at radius 3 is 0.391 bits per heavy atom. The van der Waals surface area contributed by atoms with Crippen molar-refractivity contribution in [1.82, 2.24) is 39.9 Å². The molecule has 0 amide bonds. The molecule has 24 rings (SSSR count). The fourth-order valence-corrected chi connectivity index (χ4v) is 21.4. The second-order valence-corrected chi connectivity index (χ2v) is 41.3. The number of nitrogens with zero attached hydrogens (tertiary/aromatic N) is 8. The first kappa shape index (κ1) is 99.8. The maximum atomic E-state index is 8.49. The summed E-state index contributed by atoms with van der Waals surface area (Å²) in [7, 11) is -9.89. The zero-order chi connectivity index (χ0) is 91.7. The Labute approximate surface area is 798 Å². The van der Waals surface area contributed by atoms with Crippen LogP contribution in [-0.2, 0) is 161 Å². The molecular weight excluding hydrogens is 1860 g/mol. The minimum atomic E-state index is -4.94. The SMILES string of the molecule is CC1(C)O[C@H]2CCc3ccc(-c4ccc5c(n4)[C@H]4OC(C)(C)O[C@H]4CC5)nc3[C@H]2O1.CC1(C)O[C@H]2CCc3ccc(-c4ccc5c(n4)[C@H]4OC(C)(C)O[C@H]4CC5)nc3[C@H]2O1.CC1(C)O[C@H]2CCc3ccc(-c4ccc5c(n4)[C@H]4OC(C)(C)O[C@H]4CC5)nc3[C@H]2O1.CC1(C)O[C@H]2CCc3ccc(-c4ccc5c(n4)[C@H]4OC(C)(C)O[C@H]4CC5)nc3[C@H]2O1.O.[Cu+].[Cu+].[O-][Cl+3]([O-])([O-])[O-].[O-][Cl+3]([O-])([O-])[O-]. The van der Waals surface area contributed by atoms with Crippen molar-refractivity contribution in [3.8, 4) is 45.6 Å². The van der Waals surface area contributed by atoms with Gasteiger partial charge in [-0.3, -0.25) is 0 Å². The van der Waals surface area contributed by atoms with Crippen molar-refractivity contribution < 1.29 is 173 Å². The molecule has 724 valence electrons. The van der Waals surface area contributed by atoms with Crippen LogP contribution in [0.4, 0.5) is 0 Å². The third kappa shape index (κ3) is 21.7. The fourth-order valence-electron chi connectivity index (χ4n) is 21.4. The molecule has 2 N–H and O–H groups in total. The number of rotatable bonds is 4. The molecule has 16 atom stereocenters. The van der Waals surface area contributed by atoms with Gasteiger partial charge in [0, 0.05) is 0 Å². The minimum absolute atomic E-state index is 0. The Morgan fingerprint density at radius 1 is 0.195 bits per heavy atom. The molecular formula is C96H114Cl2Cu2N8O25. The summed E-state index contributed by atoms with van der Waals surface area (Å²) in [5.41, 5.74) is 24.8. The van der Waals surface area contributed by atoms with Crippen LogP contribution in [0.2, 0.25) is 0 Å². The predicted molar refractivity (Wildman–Crippen MR) is 442 cm³/mol. The van der Waals surface area contributed by atoms with Crippen molar-refractivity contribution in [2.45, 2.75) is 357 Å². The van der Waals surface area contributed by atoms with Gasteiger partial charge in [0.25, 0.3) is 0 Å². The summed E-state index contributed by atoms with van der Waals surface area (Å²) in [5.74, 6) is -4.55. The van der Waals surface area contributed by atoms with Crippen LogP contribution in [0, 0.1) is 20.5 Å². The van der Waals surface area contributed by atoms with E-state index in [2.05, 4.69) is 97.1 Å². The van der Waals surface area contributed by atoms with E-state index in [1.165, 1.54) is 44.5 Å². The molecule has 8 aromatic rings. The minimum Gasteiger partial charge on any atom is -0.412 e. The number of fused-ring (bicyclic) bond motifs is 24.